The minimum absolute atomic E-state index is 0.375. The van der Waals surface area contributed by atoms with E-state index in [1.807, 2.05) is 0 Å². The summed E-state index contributed by atoms with van der Waals surface area (Å²) in [6.07, 6.45) is -12.3. The molecule has 0 spiro atoms. The molecule has 0 aromatic heterocycles. The van der Waals surface area contributed by atoms with Crippen LogP contribution in [0.25, 0.3) is 0 Å². The van der Waals surface area contributed by atoms with Crippen molar-refractivity contribution in [2.45, 2.75) is 67.7 Å². The molecule has 0 aliphatic carbocycles. The lowest BCUT2D eigenvalue weighted by Crippen LogP contribution is -2.74. The summed E-state index contributed by atoms with van der Waals surface area (Å²) < 4.78 is 248. The molecule has 0 atom stereocenters. The van der Waals surface area contributed by atoms with Gasteiger partial charge in [-0.15, -0.1) is 0 Å². The molecule has 1 fully saturated rings. The van der Waals surface area contributed by atoms with E-state index in [9.17, 15) is 83.8 Å². The second kappa shape index (κ2) is 12.5. The Bertz CT molecular complexity index is 894. The fourth-order valence-corrected chi connectivity index (χ4v) is 4.58. The fourth-order valence-electron chi connectivity index (χ4n) is 2.29. The van der Waals surface area contributed by atoms with Crippen molar-refractivity contribution >= 4 is 26.8 Å². The van der Waals surface area contributed by atoms with Crippen LogP contribution in [-0.2, 0) is 25.8 Å². The summed E-state index contributed by atoms with van der Waals surface area (Å²) in [5, 5.41) is 0. The van der Waals surface area contributed by atoms with E-state index in [1.54, 1.807) is 6.92 Å². The van der Waals surface area contributed by atoms with E-state index in [1.165, 1.54) is 24.3 Å². The van der Waals surface area contributed by atoms with Crippen molar-refractivity contribution in [2.75, 3.05) is 23.5 Å². The van der Waals surface area contributed by atoms with Gasteiger partial charge in [0.2, 0.25) is 0 Å². The van der Waals surface area contributed by atoms with Crippen LogP contribution in [0, 0.1) is 0 Å². The van der Waals surface area contributed by atoms with Crippen LogP contribution in [0.5, 0.6) is 0 Å². The number of carbonyl (C=O) groups is 1. The molecule has 242 valence electrons. The van der Waals surface area contributed by atoms with E-state index in [0.29, 0.717) is 22.9 Å². The standard InChI is InChI=1S/C8F18.C7H13OS.CH4O3S/c9-1(10,3(13,14)5(17,18)7(21,22)23)2(11,12)4(15,16)6(19,20)8(24,25)26;1-7(8)6-9-4-2-3-5-9;1-5(2,3)4/h;2-6H2,1H3;1H3,(H,2,3,4)/q;+1;/p-1. The number of ketones is 1. The van der Waals surface area contributed by atoms with Gasteiger partial charge in [-0.2, -0.15) is 79.0 Å². The normalized spacial score (nSPS) is 17.0. The Balaban J connectivity index is 0. The molecule has 0 radical (unpaired) electrons. The molecular formula is C16H16F18O4S2. The highest BCUT2D eigenvalue weighted by molar-refractivity contribution is 7.97. The van der Waals surface area contributed by atoms with Gasteiger partial charge in [0, 0.05) is 6.26 Å². The zero-order valence-electron chi connectivity index (χ0n) is 19.3. The van der Waals surface area contributed by atoms with E-state index in [-0.39, 0.29) is 0 Å². The number of Topliss-reactive ketones (excluding diaryl/α,β-unsaturated/α-hetero) is 1. The van der Waals surface area contributed by atoms with Crippen LogP contribution in [0.2, 0.25) is 0 Å². The molecule has 0 saturated carbocycles. The van der Waals surface area contributed by atoms with Crippen LogP contribution >= 0.6 is 0 Å². The number of alkyl halides is 18. The minimum atomic E-state index is -8.72. The lowest BCUT2D eigenvalue weighted by atomic mass is 9.91. The van der Waals surface area contributed by atoms with Gasteiger partial charge < -0.3 is 4.55 Å². The van der Waals surface area contributed by atoms with Crippen LogP contribution in [0.3, 0.4) is 0 Å². The maximum absolute atomic E-state index is 12.8. The Morgan fingerprint density at radius 2 is 0.800 bits per heavy atom. The topological polar surface area (TPSA) is 74.3 Å². The number of hydrogen-bond donors (Lipinski definition) is 0. The predicted molar refractivity (Wildman–Crippen MR) is 99.3 cm³/mol. The largest absolute Gasteiger partial charge is 0.748 e. The van der Waals surface area contributed by atoms with Gasteiger partial charge in [-0.1, -0.05) is 0 Å². The van der Waals surface area contributed by atoms with Gasteiger partial charge in [0.15, 0.2) is 11.5 Å². The molecule has 24 heteroatoms. The van der Waals surface area contributed by atoms with Gasteiger partial charge in [0.1, 0.15) is 11.5 Å². The van der Waals surface area contributed by atoms with Crippen LogP contribution in [0.1, 0.15) is 19.8 Å². The van der Waals surface area contributed by atoms with Gasteiger partial charge in [-0.25, -0.2) is 8.42 Å². The molecule has 0 amide bonds. The third-order valence-corrected chi connectivity index (χ3v) is 6.75. The highest BCUT2D eigenvalue weighted by Crippen LogP contribution is 2.63. The summed E-state index contributed by atoms with van der Waals surface area (Å²) >= 11 is 0. The summed E-state index contributed by atoms with van der Waals surface area (Å²) in [4.78, 5) is 10.6. The van der Waals surface area contributed by atoms with Crippen LogP contribution in [0.4, 0.5) is 79.0 Å². The van der Waals surface area contributed by atoms with Crippen LogP contribution in [0.15, 0.2) is 0 Å². The first-order valence-electron chi connectivity index (χ1n) is 9.48. The molecule has 0 N–H and O–H groups in total. The molecule has 1 saturated heterocycles. The maximum atomic E-state index is 12.8. The van der Waals surface area contributed by atoms with Crippen LogP contribution < -0.4 is 0 Å². The average Bonchev–Trinajstić information content (AvgIpc) is 3.16. The van der Waals surface area contributed by atoms with Crippen molar-refractivity contribution in [2.24, 2.45) is 0 Å². The van der Waals surface area contributed by atoms with Gasteiger partial charge in [-0.3, -0.25) is 4.79 Å². The van der Waals surface area contributed by atoms with E-state index < -0.39 is 58.0 Å². The summed E-state index contributed by atoms with van der Waals surface area (Å²) in [5.41, 5.74) is 0. The number of hydrogen-bond acceptors (Lipinski definition) is 4. The third kappa shape index (κ3) is 8.84. The van der Waals surface area contributed by atoms with Crippen molar-refractivity contribution in [1.82, 2.24) is 0 Å². The van der Waals surface area contributed by atoms with Crippen molar-refractivity contribution in [3.63, 3.8) is 0 Å². The van der Waals surface area contributed by atoms with Gasteiger partial charge in [0.05, 0.1) is 10.1 Å². The van der Waals surface area contributed by atoms with Gasteiger partial charge in [-0.05, 0) is 30.7 Å². The number of halogens is 18. The number of rotatable bonds is 7. The van der Waals surface area contributed by atoms with Gasteiger partial charge >= 0.3 is 47.9 Å². The molecule has 1 aliphatic heterocycles. The van der Waals surface area contributed by atoms with Crippen LogP contribution in [-0.4, -0.2) is 90.2 Å². The summed E-state index contributed by atoms with van der Waals surface area (Å²) in [5.74, 6) is -47.2. The molecule has 0 bridgehead atoms. The molecule has 0 aromatic carbocycles. The molecule has 0 unspecified atom stereocenters. The lowest BCUT2D eigenvalue weighted by molar-refractivity contribution is -0.468. The van der Waals surface area contributed by atoms with Gasteiger partial charge in [0.25, 0.3) is 0 Å². The summed E-state index contributed by atoms with van der Waals surface area (Å²) in [6.45, 7) is 1.70. The SMILES string of the molecule is CC(=O)C[S+]1CCCC1.CS(=O)(=O)[O-].FC(F)(F)C(F)(F)C(F)(F)C(F)(F)C(F)(F)C(F)(F)C(F)(F)C(F)(F)F. The zero-order chi connectivity index (χ0) is 33.2. The smallest absolute Gasteiger partial charge is 0.460 e. The monoisotopic (exact) mass is 678 g/mol. The Hall–Kier alpha value is -1.33. The molecule has 1 rings (SSSR count). The Morgan fingerprint density at radius 3 is 0.975 bits per heavy atom. The molecule has 1 heterocycles. The molecule has 1 aliphatic rings. The molecule has 40 heavy (non-hydrogen) atoms. The van der Waals surface area contributed by atoms with Crippen molar-refractivity contribution in [1.29, 1.82) is 0 Å². The quantitative estimate of drug-likeness (QED) is 0.186. The highest BCUT2D eigenvalue weighted by Gasteiger charge is 2.95. The third-order valence-electron chi connectivity index (χ3n) is 4.21. The second-order valence-electron chi connectivity index (χ2n) is 7.72. The van der Waals surface area contributed by atoms with E-state index in [0.717, 1.165) is 5.75 Å². The van der Waals surface area contributed by atoms with Crippen molar-refractivity contribution in [3.05, 3.63) is 0 Å². The van der Waals surface area contributed by atoms with E-state index in [2.05, 4.69) is 0 Å². The Kier molecular flexibility index (Phi) is 12.7. The summed E-state index contributed by atoms with van der Waals surface area (Å²) in [6, 6.07) is 0. The van der Waals surface area contributed by atoms with Crippen molar-refractivity contribution in [3.8, 4) is 0 Å². The highest BCUT2D eigenvalue weighted by atomic mass is 32.2. The predicted octanol–water partition coefficient (Wildman–Crippen LogP) is 6.07. The average molecular weight is 678 g/mol. The minimum Gasteiger partial charge on any atom is -0.748 e. The van der Waals surface area contributed by atoms with E-state index in [4.69, 9.17) is 13.0 Å². The molecular weight excluding hydrogens is 662 g/mol. The first kappa shape index (κ1) is 40.8. The molecule has 0 aromatic rings. The first-order chi connectivity index (χ1) is 17.0. The maximum Gasteiger partial charge on any atom is 0.460 e. The number of carbonyl (C=O) groups excluding carboxylic acids is 1. The van der Waals surface area contributed by atoms with E-state index >= 15 is 0 Å². The molecule has 4 nitrogen and oxygen atoms in total. The Labute approximate surface area is 215 Å². The second-order valence-corrected chi connectivity index (χ2v) is 11.5. The fraction of sp³-hybridized carbons (Fsp3) is 0.938. The Morgan fingerprint density at radius 1 is 0.600 bits per heavy atom. The van der Waals surface area contributed by atoms with Crippen molar-refractivity contribution < 1.29 is 96.8 Å². The first-order valence-corrected chi connectivity index (χ1v) is 13.0. The lowest BCUT2D eigenvalue weighted by Gasteiger charge is -2.41. The zero-order valence-corrected chi connectivity index (χ0v) is 20.9. The summed E-state index contributed by atoms with van der Waals surface area (Å²) in [7, 11) is -3.42.